The highest BCUT2D eigenvalue weighted by atomic mass is 16.7. The largest absolute Gasteiger partial charge is 0.439 e. The van der Waals surface area contributed by atoms with Gasteiger partial charge in [-0.15, -0.1) is 6.58 Å². The van der Waals surface area contributed by atoms with Crippen LogP contribution in [0.15, 0.2) is 12.7 Å². The summed E-state index contributed by atoms with van der Waals surface area (Å²) >= 11 is 0. The van der Waals surface area contributed by atoms with Gasteiger partial charge in [0.1, 0.15) is 0 Å². The van der Waals surface area contributed by atoms with E-state index < -0.39 is 0 Å². The Morgan fingerprint density at radius 3 is 2.89 bits per heavy atom. The van der Waals surface area contributed by atoms with E-state index in [2.05, 4.69) is 11.3 Å². The van der Waals surface area contributed by atoms with E-state index in [0.717, 1.165) is 0 Å². The van der Waals surface area contributed by atoms with E-state index in [1.807, 2.05) is 0 Å². The second kappa shape index (κ2) is 5.31. The van der Waals surface area contributed by atoms with E-state index in [1.54, 1.807) is 6.08 Å². The fourth-order valence-electron chi connectivity index (χ4n) is 0.256. The molecule has 0 aromatic rings. The second-order valence-electron chi connectivity index (χ2n) is 1.41. The molecular weight excluding hydrogens is 120 g/mol. The summed E-state index contributed by atoms with van der Waals surface area (Å²) in [6.07, 6.45) is 1.59. The lowest BCUT2D eigenvalue weighted by Crippen LogP contribution is -2.03. The molecule has 0 aromatic carbocycles. The average molecular weight is 130 g/mol. The van der Waals surface area contributed by atoms with Crippen molar-refractivity contribution in [1.29, 1.82) is 0 Å². The minimum atomic E-state index is -0.334. The Labute approximate surface area is 54.3 Å². The molecule has 52 valence electrons. The van der Waals surface area contributed by atoms with Crippen LogP contribution in [0.4, 0.5) is 0 Å². The molecule has 3 nitrogen and oxygen atoms in total. The Hall–Kier alpha value is -0.830. The van der Waals surface area contributed by atoms with E-state index in [-0.39, 0.29) is 12.8 Å². The number of carbonyl (C=O) groups is 1. The van der Waals surface area contributed by atoms with Crippen molar-refractivity contribution in [2.24, 2.45) is 0 Å². The van der Waals surface area contributed by atoms with E-state index in [0.29, 0.717) is 6.61 Å². The fourth-order valence-corrected chi connectivity index (χ4v) is 0.256. The Morgan fingerprint density at radius 1 is 1.78 bits per heavy atom. The van der Waals surface area contributed by atoms with Gasteiger partial charge < -0.3 is 9.47 Å². The number of hydrogen-bond donors (Lipinski definition) is 0. The molecule has 0 aliphatic rings. The standard InChI is InChI=1S/C6H10O3/c1-3-4-8-5-9-6(2)7/h3H,1,4-5H2,2H3. The summed E-state index contributed by atoms with van der Waals surface area (Å²) < 4.78 is 9.17. The Balaban J connectivity index is 2.91. The van der Waals surface area contributed by atoms with Crippen molar-refractivity contribution >= 4 is 5.97 Å². The third-order valence-electron chi connectivity index (χ3n) is 0.581. The van der Waals surface area contributed by atoms with E-state index in [4.69, 9.17) is 4.74 Å². The molecule has 3 heteroatoms. The number of rotatable bonds is 4. The minimum Gasteiger partial charge on any atom is -0.439 e. The summed E-state index contributed by atoms with van der Waals surface area (Å²) in [5.41, 5.74) is 0. The molecular formula is C6H10O3. The molecule has 0 saturated heterocycles. The number of esters is 1. The van der Waals surface area contributed by atoms with Crippen molar-refractivity contribution in [2.75, 3.05) is 13.4 Å². The molecule has 0 unspecified atom stereocenters. The Morgan fingerprint density at radius 2 is 2.44 bits per heavy atom. The van der Waals surface area contributed by atoms with Gasteiger partial charge in [0.15, 0.2) is 6.79 Å². The monoisotopic (exact) mass is 130 g/mol. The first-order valence-electron chi connectivity index (χ1n) is 2.59. The van der Waals surface area contributed by atoms with Gasteiger partial charge in [-0.2, -0.15) is 0 Å². The maximum Gasteiger partial charge on any atom is 0.304 e. The van der Waals surface area contributed by atoms with E-state index in [9.17, 15) is 4.79 Å². The van der Waals surface area contributed by atoms with Crippen molar-refractivity contribution in [3.8, 4) is 0 Å². The van der Waals surface area contributed by atoms with E-state index >= 15 is 0 Å². The first-order valence-corrected chi connectivity index (χ1v) is 2.59. The van der Waals surface area contributed by atoms with Gasteiger partial charge in [-0.05, 0) is 0 Å². The quantitative estimate of drug-likeness (QED) is 0.243. The molecule has 0 aliphatic carbocycles. The van der Waals surface area contributed by atoms with Gasteiger partial charge in [-0.25, -0.2) is 0 Å². The lowest BCUT2D eigenvalue weighted by Gasteiger charge is -1.99. The zero-order valence-electron chi connectivity index (χ0n) is 5.42. The Bertz CT molecular complexity index is 98.5. The highest BCUT2D eigenvalue weighted by Gasteiger charge is 1.88. The van der Waals surface area contributed by atoms with Gasteiger partial charge in [-0.3, -0.25) is 4.79 Å². The summed E-state index contributed by atoms with van der Waals surface area (Å²) in [5.74, 6) is -0.334. The van der Waals surface area contributed by atoms with Gasteiger partial charge >= 0.3 is 5.97 Å². The lowest BCUT2D eigenvalue weighted by atomic mass is 10.7. The van der Waals surface area contributed by atoms with Crippen molar-refractivity contribution < 1.29 is 14.3 Å². The fraction of sp³-hybridized carbons (Fsp3) is 0.500. The number of carbonyl (C=O) groups excluding carboxylic acids is 1. The molecule has 0 atom stereocenters. The highest BCUT2D eigenvalue weighted by Crippen LogP contribution is 1.78. The molecule has 0 saturated carbocycles. The molecule has 0 spiro atoms. The predicted octanol–water partition coefficient (Wildman–Crippen LogP) is 0.710. The van der Waals surface area contributed by atoms with Crippen molar-refractivity contribution in [1.82, 2.24) is 0 Å². The molecule has 0 N–H and O–H groups in total. The zero-order valence-corrected chi connectivity index (χ0v) is 5.42. The average Bonchev–Trinajstić information content (AvgIpc) is 1.80. The van der Waals surface area contributed by atoms with Crippen molar-refractivity contribution in [3.63, 3.8) is 0 Å². The van der Waals surface area contributed by atoms with Gasteiger partial charge in [0.05, 0.1) is 6.61 Å². The highest BCUT2D eigenvalue weighted by molar-refractivity contribution is 5.65. The molecule has 0 heterocycles. The number of hydrogen-bond acceptors (Lipinski definition) is 3. The Kier molecular flexibility index (Phi) is 4.82. The lowest BCUT2D eigenvalue weighted by molar-refractivity contribution is -0.152. The predicted molar refractivity (Wildman–Crippen MR) is 32.8 cm³/mol. The maximum atomic E-state index is 10.1. The summed E-state index contributed by atoms with van der Waals surface area (Å²) in [6, 6.07) is 0. The third-order valence-corrected chi connectivity index (χ3v) is 0.581. The minimum absolute atomic E-state index is 0.0152. The molecule has 0 amide bonds. The zero-order chi connectivity index (χ0) is 7.11. The van der Waals surface area contributed by atoms with Crippen LogP contribution in [0.3, 0.4) is 0 Å². The molecule has 9 heavy (non-hydrogen) atoms. The summed E-state index contributed by atoms with van der Waals surface area (Å²) in [7, 11) is 0. The molecule has 0 aromatic heterocycles. The van der Waals surface area contributed by atoms with Crippen LogP contribution in [-0.4, -0.2) is 19.4 Å². The second-order valence-corrected chi connectivity index (χ2v) is 1.41. The van der Waals surface area contributed by atoms with Crippen molar-refractivity contribution in [2.45, 2.75) is 6.92 Å². The van der Waals surface area contributed by atoms with Crippen LogP contribution in [0.5, 0.6) is 0 Å². The molecule has 0 rings (SSSR count). The summed E-state index contributed by atoms with van der Waals surface area (Å²) in [4.78, 5) is 10.1. The third kappa shape index (κ3) is 7.17. The SMILES string of the molecule is C=CCOCOC(C)=O. The normalized spacial score (nSPS) is 8.56. The van der Waals surface area contributed by atoms with Gasteiger partial charge in [0.2, 0.25) is 0 Å². The maximum absolute atomic E-state index is 10.1. The van der Waals surface area contributed by atoms with Crippen LogP contribution < -0.4 is 0 Å². The van der Waals surface area contributed by atoms with Crippen molar-refractivity contribution in [3.05, 3.63) is 12.7 Å². The van der Waals surface area contributed by atoms with Crippen LogP contribution >= 0.6 is 0 Å². The molecule has 0 radical (unpaired) electrons. The van der Waals surface area contributed by atoms with Crippen LogP contribution in [-0.2, 0) is 14.3 Å². The van der Waals surface area contributed by atoms with Crippen LogP contribution in [0.1, 0.15) is 6.92 Å². The van der Waals surface area contributed by atoms with Gasteiger partial charge in [0, 0.05) is 6.92 Å². The van der Waals surface area contributed by atoms with Crippen LogP contribution in [0.25, 0.3) is 0 Å². The molecule has 0 bridgehead atoms. The first-order chi connectivity index (χ1) is 4.27. The smallest absolute Gasteiger partial charge is 0.304 e. The summed E-state index contributed by atoms with van der Waals surface area (Å²) in [5, 5.41) is 0. The number of ether oxygens (including phenoxy) is 2. The molecule has 0 aliphatic heterocycles. The first kappa shape index (κ1) is 8.17. The van der Waals surface area contributed by atoms with Crippen LogP contribution in [0, 0.1) is 0 Å². The summed E-state index contributed by atoms with van der Waals surface area (Å²) in [6.45, 7) is 5.17. The van der Waals surface area contributed by atoms with Crippen LogP contribution in [0.2, 0.25) is 0 Å². The van der Waals surface area contributed by atoms with E-state index in [1.165, 1.54) is 6.92 Å². The van der Waals surface area contributed by atoms with Gasteiger partial charge in [-0.1, -0.05) is 6.08 Å². The topological polar surface area (TPSA) is 35.5 Å². The molecule has 0 fully saturated rings. The van der Waals surface area contributed by atoms with Gasteiger partial charge in [0.25, 0.3) is 0 Å².